The molecule has 0 N–H and O–H groups in total. The van der Waals surface area contributed by atoms with Crippen molar-refractivity contribution in [1.82, 2.24) is 9.80 Å². The molecule has 4 nitrogen and oxygen atoms in total. The van der Waals surface area contributed by atoms with Crippen molar-refractivity contribution in [2.24, 2.45) is 5.92 Å². The maximum Gasteiger partial charge on any atom is 0.234 e. The third-order valence-corrected chi connectivity index (χ3v) is 6.99. The number of hydrogen-bond donors (Lipinski definition) is 0. The van der Waals surface area contributed by atoms with E-state index >= 15 is 0 Å². The van der Waals surface area contributed by atoms with Crippen LogP contribution >= 0.6 is 0 Å². The Morgan fingerprint density at radius 3 is 2.06 bits per heavy atom. The van der Waals surface area contributed by atoms with Gasteiger partial charge in [-0.1, -0.05) is 84.9 Å². The highest BCUT2D eigenvalue weighted by Crippen LogP contribution is 2.31. The van der Waals surface area contributed by atoms with E-state index in [9.17, 15) is 9.59 Å². The smallest absolute Gasteiger partial charge is 0.234 e. The van der Waals surface area contributed by atoms with Crippen LogP contribution in [-0.2, 0) is 11.2 Å². The van der Waals surface area contributed by atoms with Crippen molar-refractivity contribution in [2.75, 3.05) is 19.8 Å². The van der Waals surface area contributed by atoms with Crippen LogP contribution in [0.15, 0.2) is 84.9 Å². The quantitative estimate of drug-likeness (QED) is 0.383. The number of Topliss-reactive ketones (excluding diaryl/α,β-unsaturated/α-hetero) is 1. The van der Waals surface area contributed by atoms with Crippen LogP contribution in [0.4, 0.5) is 0 Å². The molecule has 2 atom stereocenters. The molecule has 0 spiro atoms. The van der Waals surface area contributed by atoms with Gasteiger partial charge in [-0.15, -0.1) is 0 Å². The lowest BCUT2D eigenvalue weighted by atomic mass is 9.92. The van der Waals surface area contributed by atoms with Crippen molar-refractivity contribution in [2.45, 2.75) is 31.7 Å². The van der Waals surface area contributed by atoms with Gasteiger partial charge in [-0.05, 0) is 55.5 Å². The normalized spacial score (nSPS) is 21.0. The van der Waals surface area contributed by atoms with Crippen LogP contribution in [0.25, 0.3) is 11.1 Å². The zero-order chi connectivity index (χ0) is 22.6. The van der Waals surface area contributed by atoms with Crippen LogP contribution in [0.3, 0.4) is 0 Å². The zero-order valence-electron chi connectivity index (χ0n) is 18.9. The molecule has 168 valence electrons. The summed E-state index contributed by atoms with van der Waals surface area (Å²) < 4.78 is 0. The molecule has 33 heavy (non-hydrogen) atoms. The van der Waals surface area contributed by atoms with Gasteiger partial charge >= 0.3 is 0 Å². The first kappa shape index (κ1) is 21.6. The van der Waals surface area contributed by atoms with Crippen LogP contribution in [0.5, 0.6) is 0 Å². The molecule has 0 saturated carbocycles. The minimum Gasteiger partial charge on any atom is -0.326 e. The highest BCUT2D eigenvalue weighted by Gasteiger charge is 2.44. The molecule has 1 unspecified atom stereocenters. The van der Waals surface area contributed by atoms with E-state index in [0.717, 1.165) is 19.5 Å². The van der Waals surface area contributed by atoms with Crippen LogP contribution in [0.2, 0.25) is 0 Å². The third kappa shape index (κ3) is 4.76. The fourth-order valence-corrected chi connectivity index (χ4v) is 5.16. The lowest BCUT2D eigenvalue weighted by molar-refractivity contribution is -0.132. The molecular formula is C29H30N2O2. The standard InChI is InChI=1S/C29H30N2O2/c32-28(25-11-5-2-6-12-25)27-20-26(31(29(27)33)21-30-17-7-8-18-30)19-22-13-15-24(16-14-22)23-9-3-1-4-10-23/h1-6,9-16,26-27H,7-8,17-21H2/t26?,27-/m0/s1. The topological polar surface area (TPSA) is 40.6 Å². The number of carbonyl (C=O) groups excluding carboxylic acids is 2. The number of benzene rings is 3. The van der Waals surface area contributed by atoms with E-state index in [1.165, 1.54) is 29.5 Å². The molecule has 0 aliphatic carbocycles. The number of rotatable bonds is 7. The van der Waals surface area contributed by atoms with E-state index in [-0.39, 0.29) is 17.7 Å². The fourth-order valence-electron chi connectivity index (χ4n) is 5.16. The summed E-state index contributed by atoms with van der Waals surface area (Å²) in [7, 11) is 0. The molecular weight excluding hydrogens is 408 g/mol. The van der Waals surface area contributed by atoms with Gasteiger partial charge < -0.3 is 4.90 Å². The van der Waals surface area contributed by atoms with E-state index in [2.05, 4.69) is 41.3 Å². The van der Waals surface area contributed by atoms with E-state index in [1.54, 1.807) is 0 Å². The molecule has 2 fully saturated rings. The van der Waals surface area contributed by atoms with Gasteiger partial charge in [0.2, 0.25) is 5.91 Å². The Labute approximate surface area is 195 Å². The van der Waals surface area contributed by atoms with E-state index in [1.807, 2.05) is 53.4 Å². The average molecular weight is 439 g/mol. The minimum atomic E-state index is -0.580. The van der Waals surface area contributed by atoms with Gasteiger partial charge in [-0.25, -0.2) is 0 Å². The van der Waals surface area contributed by atoms with Crippen LogP contribution in [0.1, 0.15) is 35.2 Å². The number of likely N-dealkylation sites (tertiary alicyclic amines) is 2. The number of ketones is 1. The third-order valence-electron chi connectivity index (χ3n) is 6.99. The predicted molar refractivity (Wildman–Crippen MR) is 131 cm³/mol. The Morgan fingerprint density at radius 1 is 0.788 bits per heavy atom. The largest absolute Gasteiger partial charge is 0.326 e. The van der Waals surface area contributed by atoms with Gasteiger partial charge in [-0.3, -0.25) is 14.5 Å². The lowest BCUT2D eigenvalue weighted by Gasteiger charge is -2.29. The second kappa shape index (κ2) is 9.72. The molecule has 2 aliphatic rings. The van der Waals surface area contributed by atoms with Gasteiger partial charge in [0.1, 0.15) is 5.92 Å². The summed E-state index contributed by atoms with van der Waals surface area (Å²) in [6.45, 7) is 2.68. The van der Waals surface area contributed by atoms with Gasteiger partial charge in [0.15, 0.2) is 5.78 Å². The molecule has 4 heteroatoms. The summed E-state index contributed by atoms with van der Waals surface area (Å²) in [5, 5.41) is 0. The summed E-state index contributed by atoms with van der Waals surface area (Å²) in [6.07, 6.45) is 3.72. The van der Waals surface area contributed by atoms with Crippen LogP contribution in [-0.4, -0.2) is 47.3 Å². The minimum absolute atomic E-state index is 0.0124. The maximum absolute atomic E-state index is 13.4. The molecule has 0 bridgehead atoms. The average Bonchev–Trinajstić information content (AvgIpc) is 3.49. The Kier molecular flexibility index (Phi) is 6.36. The van der Waals surface area contributed by atoms with Crippen molar-refractivity contribution in [3.05, 3.63) is 96.1 Å². The van der Waals surface area contributed by atoms with E-state index in [4.69, 9.17) is 0 Å². The highest BCUT2D eigenvalue weighted by molar-refractivity contribution is 6.11. The lowest BCUT2D eigenvalue weighted by Crippen LogP contribution is -2.43. The molecule has 2 aliphatic heterocycles. The molecule has 5 rings (SSSR count). The van der Waals surface area contributed by atoms with Gasteiger partial charge in [0.05, 0.1) is 6.67 Å². The maximum atomic E-state index is 13.4. The molecule has 3 aromatic rings. The first-order chi connectivity index (χ1) is 16.2. The van der Waals surface area contributed by atoms with Crippen molar-refractivity contribution in [3.63, 3.8) is 0 Å². The number of hydrogen-bond acceptors (Lipinski definition) is 3. The van der Waals surface area contributed by atoms with E-state index in [0.29, 0.717) is 18.7 Å². The second-order valence-corrected chi connectivity index (χ2v) is 9.21. The summed E-state index contributed by atoms with van der Waals surface area (Å²) in [6, 6.07) is 28.3. The van der Waals surface area contributed by atoms with Gasteiger partial charge in [0, 0.05) is 11.6 Å². The molecule has 1 amide bonds. The molecule has 0 radical (unpaired) electrons. The Hall–Kier alpha value is -3.24. The van der Waals surface area contributed by atoms with Crippen molar-refractivity contribution >= 4 is 11.7 Å². The Bertz CT molecular complexity index is 1090. The summed E-state index contributed by atoms with van der Waals surface area (Å²) in [4.78, 5) is 30.9. The highest BCUT2D eigenvalue weighted by atomic mass is 16.2. The fraction of sp³-hybridized carbons (Fsp3) is 0.310. The summed E-state index contributed by atoms with van der Waals surface area (Å²) in [5.41, 5.74) is 4.22. The predicted octanol–water partition coefficient (Wildman–Crippen LogP) is 5.05. The summed E-state index contributed by atoms with van der Waals surface area (Å²) in [5.74, 6) is -0.640. The SMILES string of the molecule is O=C(c1ccccc1)[C@@H]1CC(Cc2ccc(-c3ccccc3)cc2)N(CN2CCCC2)C1=O. The molecule has 0 aromatic heterocycles. The summed E-state index contributed by atoms with van der Waals surface area (Å²) >= 11 is 0. The first-order valence-corrected chi connectivity index (χ1v) is 12.0. The van der Waals surface area contributed by atoms with Crippen molar-refractivity contribution in [1.29, 1.82) is 0 Å². The van der Waals surface area contributed by atoms with Crippen molar-refractivity contribution in [3.8, 4) is 11.1 Å². The molecule has 3 aromatic carbocycles. The van der Waals surface area contributed by atoms with Crippen molar-refractivity contribution < 1.29 is 9.59 Å². The number of amides is 1. The van der Waals surface area contributed by atoms with E-state index < -0.39 is 5.92 Å². The molecule has 2 heterocycles. The second-order valence-electron chi connectivity index (χ2n) is 9.21. The monoisotopic (exact) mass is 438 g/mol. The van der Waals surface area contributed by atoms with Gasteiger partial charge in [0.25, 0.3) is 0 Å². The number of carbonyl (C=O) groups is 2. The van der Waals surface area contributed by atoms with Crippen LogP contribution < -0.4 is 0 Å². The Balaban J connectivity index is 1.35. The number of nitrogens with zero attached hydrogens (tertiary/aromatic N) is 2. The van der Waals surface area contributed by atoms with Gasteiger partial charge in [-0.2, -0.15) is 0 Å². The van der Waals surface area contributed by atoms with Crippen LogP contribution in [0, 0.1) is 5.92 Å². The Morgan fingerprint density at radius 2 is 1.39 bits per heavy atom. The first-order valence-electron chi connectivity index (χ1n) is 12.0. The zero-order valence-corrected chi connectivity index (χ0v) is 18.9. The molecule has 2 saturated heterocycles.